The van der Waals surface area contributed by atoms with E-state index in [1.165, 1.54) is 89.9 Å². The third-order valence-electron chi connectivity index (χ3n) is 5.92. The Hall–Kier alpha value is -1.09. The number of hydrogen-bond acceptors (Lipinski definition) is 2. The Balaban J connectivity index is 3.31. The van der Waals surface area contributed by atoms with Crippen LogP contribution in [0.25, 0.3) is 0 Å². The van der Waals surface area contributed by atoms with Gasteiger partial charge in [0.25, 0.3) is 0 Å². The van der Waals surface area contributed by atoms with Crippen LogP contribution in [-0.4, -0.2) is 22.3 Å². The summed E-state index contributed by atoms with van der Waals surface area (Å²) in [5, 5.41) is 18.7. The summed E-state index contributed by atoms with van der Waals surface area (Å²) in [7, 11) is 0. The average molecular weight is 437 g/mol. The zero-order chi connectivity index (χ0) is 22.8. The second-order valence-corrected chi connectivity index (χ2v) is 9.09. The van der Waals surface area contributed by atoms with Crippen molar-refractivity contribution in [3.63, 3.8) is 0 Å². The number of carboxylic acids is 1. The van der Waals surface area contributed by atoms with E-state index in [0.717, 1.165) is 38.5 Å². The molecule has 0 aliphatic carbocycles. The highest BCUT2D eigenvalue weighted by Crippen LogP contribution is 2.13. The van der Waals surface area contributed by atoms with E-state index in [2.05, 4.69) is 31.2 Å². The Kier molecular flexibility index (Phi) is 24.3. The van der Waals surface area contributed by atoms with Crippen LogP contribution < -0.4 is 0 Å². The summed E-state index contributed by atoms with van der Waals surface area (Å²) in [5.41, 5.74) is 0. The molecule has 0 bridgehead atoms. The minimum Gasteiger partial charge on any atom is -0.481 e. The molecule has 3 heteroatoms. The molecule has 31 heavy (non-hydrogen) atoms. The van der Waals surface area contributed by atoms with Gasteiger partial charge < -0.3 is 10.2 Å². The molecule has 0 heterocycles. The number of carboxylic acid groups (broad SMARTS) is 1. The van der Waals surface area contributed by atoms with E-state index in [9.17, 15) is 9.90 Å². The summed E-state index contributed by atoms with van der Waals surface area (Å²) in [6, 6.07) is 0. The molecule has 0 aromatic rings. The van der Waals surface area contributed by atoms with E-state index in [0.29, 0.717) is 6.42 Å². The predicted molar refractivity (Wildman–Crippen MR) is 135 cm³/mol. The van der Waals surface area contributed by atoms with Crippen LogP contribution in [0.2, 0.25) is 0 Å². The maximum Gasteiger partial charge on any atom is 0.303 e. The van der Waals surface area contributed by atoms with Gasteiger partial charge in [-0.05, 0) is 38.5 Å². The van der Waals surface area contributed by atoms with E-state index in [4.69, 9.17) is 5.11 Å². The van der Waals surface area contributed by atoms with Crippen molar-refractivity contribution in [3.8, 4) is 0 Å². The molecule has 0 aliphatic rings. The lowest BCUT2D eigenvalue weighted by Crippen LogP contribution is -2.04. The minimum atomic E-state index is -0.674. The molecule has 0 spiro atoms. The summed E-state index contributed by atoms with van der Waals surface area (Å²) >= 11 is 0. The molecule has 0 aromatic heterocycles. The molecular formula is C28H52O3. The first-order valence-electron chi connectivity index (χ1n) is 13.4. The Morgan fingerprint density at radius 3 is 1.81 bits per heavy atom. The molecular weight excluding hydrogens is 384 g/mol. The van der Waals surface area contributed by atoms with Gasteiger partial charge in [0.2, 0.25) is 0 Å². The molecule has 0 fully saturated rings. The lowest BCUT2D eigenvalue weighted by atomic mass is 10.0. The van der Waals surface area contributed by atoms with Crippen molar-refractivity contribution in [2.75, 3.05) is 0 Å². The van der Waals surface area contributed by atoms with E-state index >= 15 is 0 Å². The largest absolute Gasteiger partial charge is 0.481 e. The Bertz CT molecular complexity index is 428. The third-order valence-corrected chi connectivity index (χ3v) is 5.92. The molecule has 0 amide bonds. The van der Waals surface area contributed by atoms with Crippen molar-refractivity contribution in [3.05, 3.63) is 24.3 Å². The second-order valence-electron chi connectivity index (χ2n) is 9.09. The van der Waals surface area contributed by atoms with Gasteiger partial charge in [0.15, 0.2) is 0 Å². The monoisotopic (exact) mass is 436 g/mol. The molecule has 0 radical (unpaired) electrons. The highest BCUT2D eigenvalue weighted by molar-refractivity contribution is 5.66. The quantitative estimate of drug-likeness (QED) is 0.117. The van der Waals surface area contributed by atoms with Crippen LogP contribution in [0.3, 0.4) is 0 Å². The number of rotatable bonds is 24. The highest BCUT2D eigenvalue weighted by Gasteiger charge is 2.01. The number of aliphatic hydroxyl groups excluding tert-OH is 1. The maximum absolute atomic E-state index is 10.4. The van der Waals surface area contributed by atoms with Gasteiger partial charge >= 0.3 is 5.97 Å². The van der Waals surface area contributed by atoms with Gasteiger partial charge in [-0.2, -0.15) is 0 Å². The molecule has 3 nitrogen and oxygen atoms in total. The summed E-state index contributed by atoms with van der Waals surface area (Å²) in [6.07, 6.45) is 32.8. The van der Waals surface area contributed by atoms with Crippen molar-refractivity contribution in [2.24, 2.45) is 0 Å². The topological polar surface area (TPSA) is 57.5 Å². The zero-order valence-electron chi connectivity index (χ0n) is 20.5. The summed E-state index contributed by atoms with van der Waals surface area (Å²) in [5.74, 6) is -0.674. The van der Waals surface area contributed by atoms with Gasteiger partial charge in [0, 0.05) is 6.42 Å². The first kappa shape index (κ1) is 29.9. The van der Waals surface area contributed by atoms with Crippen LogP contribution in [0.4, 0.5) is 0 Å². The molecule has 1 atom stereocenters. The van der Waals surface area contributed by atoms with Crippen molar-refractivity contribution < 1.29 is 15.0 Å². The van der Waals surface area contributed by atoms with Crippen LogP contribution in [0.5, 0.6) is 0 Å². The highest BCUT2D eigenvalue weighted by atomic mass is 16.4. The van der Waals surface area contributed by atoms with Crippen molar-refractivity contribution in [1.29, 1.82) is 0 Å². The Morgan fingerprint density at radius 2 is 1.19 bits per heavy atom. The minimum absolute atomic E-state index is 0.186. The lowest BCUT2D eigenvalue weighted by Gasteiger charge is -2.07. The van der Waals surface area contributed by atoms with E-state index < -0.39 is 5.97 Å². The van der Waals surface area contributed by atoms with Crippen LogP contribution in [0.15, 0.2) is 24.3 Å². The molecule has 0 rings (SSSR count). The molecule has 1 unspecified atom stereocenters. The van der Waals surface area contributed by atoms with Crippen LogP contribution in [-0.2, 0) is 4.79 Å². The lowest BCUT2D eigenvalue weighted by molar-refractivity contribution is -0.137. The molecule has 0 saturated carbocycles. The maximum atomic E-state index is 10.4. The first-order valence-corrected chi connectivity index (χ1v) is 13.4. The Morgan fingerprint density at radius 1 is 0.677 bits per heavy atom. The standard InChI is InChI=1S/C28H52O3/c1-2-3-4-5-6-7-8-9-12-15-18-21-24-27(29)25-22-19-16-13-10-11-14-17-20-23-26-28(30)31/h9,12,18,21,27,29H,2-8,10-11,13-17,19-20,22-26H2,1H3,(H,30,31). The summed E-state index contributed by atoms with van der Waals surface area (Å²) in [6.45, 7) is 2.26. The van der Waals surface area contributed by atoms with Crippen molar-refractivity contribution in [2.45, 2.75) is 148 Å². The zero-order valence-corrected chi connectivity index (χ0v) is 20.5. The van der Waals surface area contributed by atoms with Crippen molar-refractivity contribution >= 4 is 5.97 Å². The molecule has 2 N–H and O–H groups in total. The first-order chi connectivity index (χ1) is 15.2. The second kappa shape index (κ2) is 25.2. The average Bonchev–Trinajstić information content (AvgIpc) is 2.75. The number of unbranched alkanes of at least 4 members (excludes halogenated alkanes) is 15. The van der Waals surface area contributed by atoms with Gasteiger partial charge in [0.1, 0.15) is 0 Å². The number of allylic oxidation sites excluding steroid dienone is 3. The van der Waals surface area contributed by atoms with Gasteiger partial charge in [0.05, 0.1) is 6.10 Å². The predicted octanol–water partition coefficient (Wildman–Crippen LogP) is 8.76. The summed E-state index contributed by atoms with van der Waals surface area (Å²) in [4.78, 5) is 10.4. The summed E-state index contributed by atoms with van der Waals surface area (Å²) < 4.78 is 0. The fourth-order valence-electron chi connectivity index (χ4n) is 3.87. The number of aliphatic carboxylic acids is 1. The number of carbonyl (C=O) groups is 1. The fraction of sp³-hybridized carbons (Fsp3) is 0.821. The molecule has 0 saturated heterocycles. The smallest absolute Gasteiger partial charge is 0.303 e. The fourth-order valence-corrected chi connectivity index (χ4v) is 3.87. The van der Waals surface area contributed by atoms with Crippen LogP contribution >= 0.6 is 0 Å². The number of aliphatic hydroxyl groups is 1. The van der Waals surface area contributed by atoms with Crippen LogP contribution in [0, 0.1) is 0 Å². The normalized spacial score (nSPS) is 12.8. The SMILES string of the molecule is CCCCCCCCC=CCC=CCC(O)CCCCCCCCCCCCC(=O)O. The van der Waals surface area contributed by atoms with Gasteiger partial charge in [-0.3, -0.25) is 4.79 Å². The Labute approximate surface area is 193 Å². The van der Waals surface area contributed by atoms with Gasteiger partial charge in [-0.1, -0.05) is 121 Å². The van der Waals surface area contributed by atoms with E-state index in [1.54, 1.807) is 0 Å². The van der Waals surface area contributed by atoms with E-state index in [-0.39, 0.29) is 6.10 Å². The molecule has 0 aliphatic heterocycles. The van der Waals surface area contributed by atoms with Gasteiger partial charge in [-0.25, -0.2) is 0 Å². The van der Waals surface area contributed by atoms with Crippen molar-refractivity contribution in [1.82, 2.24) is 0 Å². The van der Waals surface area contributed by atoms with E-state index in [1.807, 2.05) is 0 Å². The number of hydrogen-bond donors (Lipinski definition) is 2. The molecule has 182 valence electrons. The van der Waals surface area contributed by atoms with Crippen LogP contribution in [0.1, 0.15) is 142 Å². The molecule has 0 aromatic carbocycles. The third kappa shape index (κ3) is 26.9. The van der Waals surface area contributed by atoms with Gasteiger partial charge in [-0.15, -0.1) is 0 Å².